The summed E-state index contributed by atoms with van der Waals surface area (Å²) >= 11 is 0.153. The van der Waals surface area contributed by atoms with E-state index in [0.717, 1.165) is 0 Å². The van der Waals surface area contributed by atoms with E-state index in [4.69, 9.17) is 10.1 Å². The monoisotopic (exact) mass is 86.0 g/mol. The van der Waals surface area contributed by atoms with Gasteiger partial charge in [0, 0.05) is 0 Å². The van der Waals surface area contributed by atoms with Crippen LogP contribution in [0.3, 0.4) is 0 Å². The Kier molecular flexibility index (Phi) is 2.25. The molecule has 0 saturated heterocycles. The summed E-state index contributed by atoms with van der Waals surface area (Å²) in [4.78, 5) is 8.86. The molecule has 0 aliphatic rings. The molecule has 0 saturated carbocycles. The van der Waals surface area contributed by atoms with E-state index in [1.54, 1.807) is 0 Å². The fraction of sp³-hybridized carbons (Fsp3) is 0. The van der Waals surface area contributed by atoms with Gasteiger partial charge in [0.1, 0.15) is 0 Å². The molecular weight excluding hydrogens is 86.1 g/mol. The Bertz CT molecular complexity index is 29.0. The van der Waals surface area contributed by atoms with Crippen molar-refractivity contribution in [2.45, 2.75) is 0 Å². The van der Waals surface area contributed by atoms with Gasteiger partial charge in [-0.05, 0) is 0 Å². The molecule has 0 spiro atoms. The summed E-state index contributed by atoms with van der Waals surface area (Å²) in [6.07, 6.45) is 0. The standard InChI is InChI=1S/Ca.NO2/c;2-1-3. The molecule has 0 atom stereocenters. The Morgan fingerprint density at radius 3 is 2.00 bits per heavy atom. The van der Waals surface area contributed by atoms with Crippen molar-refractivity contribution in [1.29, 1.82) is 0 Å². The summed E-state index contributed by atoms with van der Waals surface area (Å²) in [5.74, 6) is 0. The van der Waals surface area contributed by atoms with Crippen molar-refractivity contribution in [2.24, 2.45) is 0 Å². The van der Waals surface area contributed by atoms with Crippen LogP contribution in [0.15, 0.2) is 0 Å². The van der Waals surface area contributed by atoms with Crippen molar-refractivity contribution in [1.82, 2.24) is 0 Å². The van der Waals surface area contributed by atoms with Gasteiger partial charge in [-0.1, -0.05) is 0 Å². The zero-order chi connectivity index (χ0) is 3.58. The molecular formula is CaNO2. The molecule has 0 rings (SSSR count). The Labute approximate surface area is 47.4 Å². The van der Waals surface area contributed by atoms with Gasteiger partial charge in [0.05, 0.1) is 0 Å². The van der Waals surface area contributed by atoms with Crippen LogP contribution in [0, 0.1) is 10.1 Å². The Morgan fingerprint density at radius 2 is 2.00 bits per heavy atom. The van der Waals surface area contributed by atoms with Crippen LogP contribution in [-0.4, -0.2) is 37.6 Å². The third kappa shape index (κ3) is 16.8. The molecule has 0 aromatic carbocycles. The normalized spacial score (nSPS) is 5.75. The molecule has 0 N–H and O–H groups in total. The van der Waals surface area contributed by atoms with Crippen molar-refractivity contribution < 1.29 is 1.41 Å². The fourth-order valence-corrected chi connectivity index (χ4v) is 0. The average molecular weight is 86.1 g/mol. The average Bonchev–Trinajstić information content (AvgIpc) is 0.811. The van der Waals surface area contributed by atoms with E-state index in [2.05, 4.69) is 0 Å². The summed E-state index contributed by atoms with van der Waals surface area (Å²) in [6, 6.07) is 0. The molecule has 1 radical (unpaired) electrons. The molecule has 0 heterocycles. The summed E-state index contributed by atoms with van der Waals surface area (Å²) in [5.41, 5.74) is 0. The number of hydrogen-bond donors (Lipinski definition) is 0. The van der Waals surface area contributed by atoms with E-state index >= 15 is 0 Å². The second kappa shape index (κ2) is 1.93. The Hall–Kier alpha value is 0.660. The second-order valence-corrected chi connectivity index (χ2v) is 1.14. The SMILES string of the molecule is O=[N+]([O-])[Ca]. The summed E-state index contributed by atoms with van der Waals surface area (Å²) in [5, 5.41) is 8.86. The van der Waals surface area contributed by atoms with Crippen LogP contribution in [0.2, 0.25) is 0 Å². The van der Waals surface area contributed by atoms with Gasteiger partial charge in [0.15, 0.2) is 0 Å². The number of nitrogens with zero attached hydrogens (tertiary/aromatic N) is 1. The summed E-state index contributed by atoms with van der Waals surface area (Å²) in [7, 11) is 0. The molecule has 0 aromatic rings. The van der Waals surface area contributed by atoms with Crippen molar-refractivity contribution in [2.75, 3.05) is 0 Å². The van der Waals surface area contributed by atoms with Gasteiger partial charge in [0.2, 0.25) is 0 Å². The van der Waals surface area contributed by atoms with Crippen molar-refractivity contribution in [3.8, 4) is 0 Å². The third-order valence-electron chi connectivity index (χ3n) is 0. The van der Waals surface area contributed by atoms with Crippen LogP contribution in [0.5, 0.6) is 0 Å². The molecule has 0 aliphatic carbocycles. The van der Waals surface area contributed by atoms with Crippen LogP contribution in [-0.2, 0) is 0 Å². The van der Waals surface area contributed by atoms with Crippen LogP contribution < -0.4 is 0 Å². The van der Waals surface area contributed by atoms with Gasteiger partial charge < -0.3 is 0 Å². The first-order chi connectivity index (χ1) is 1.73. The third-order valence-corrected chi connectivity index (χ3v) is 0. The topological polar surface area (TPSA) is 43.1 Å². The maximum atomic E-state index is 8.86. The minimum atomic E-state index is -0.375. The van der Waals surface area contributed by atoms with Gasteiger partial charge in [-0.15, -0.1) is 0 Å². The van der Waals surface area contributed by atoms with E-state index in [1.807, 2.05) is 0 Å². The summed E-state index contributed by atoms with van der Waals surface area (Å²) in [6.45, 7) is 0. The maximum absolute atomic E-state index is 8.86. The van der Waals surface area contributed by atoms with E-state index in [0.29, 0.717) is 0 Å². The quantitative estimate of drug-likeness (QED) is 0.223. The molecule has 4 heteroatoms. The number of hydrogen-bond acceptors (Lipinski definition) is 2. The van der Waals surface area contributed by atoms with Gasteiger partial charge in [0.25, 0.3) is 0 Å². The van der Waals surface area contributed by atoms with Crippen LogP contribution in [0.4, 0.5) is 0 Å². The van der Waals surface area contributed by atoms with Crippen LogP contribution >= 0.6 is 0 Å². The summed E-state index contributed by atoms with van der Waals surface area (Å²) < 4.78 is -0.375. The predicted molar refractivity (Wildman–Crippen MR) is 12.7 cm³/mol. The van der Waals surface area contributed by atoms with Crippen molar-refractivity contribution in [3.63, 3.8) is 0 Å². The zero-order valence-electron chi connectivity index (χ0n) is 1.97. The Morgan fingerprint density at radius 1 is 2.00 bits per heavy atom. The van der Waals surface area contributed by atoms with Crippen molar-refractivity contribution >= 4 is 36.2 Å². The van der Waals surface area contributed by atoms with Crippen molar-refractivity contribution in [3.05, 3.63) is 10.1 Å². The van der Waals surface area contributed by atoms with Crippen LogP contribution in [0.25, 0.3) is 0 Å². The molecule has 0 aliphatic heterocycles. The first-order valence-electron chi connectivity index (χ1n) is 0.681. The van der Waals surface area contributed by atoms with Gasteiger partial charge in [-0.2, -0.15) is 0 Å². The van der Waals surface area contributed by atoms with E-state index < -0.39 is 0 Å². The first kappa shape index (κ1) is 4.66. The molecule has 0 amide bonds. The van der Waals surface area contributed by atoms with E-state index in [9.17, 15) is 0 Å². The van der Waals surface area contributed by atoms with Gasteiger partial charge in [-0.3, -0.25) is 0 Å². The van der Waals surface area contributed by atoms with Gasteiger partial charge in [-0.25, -0.2) is 0 Å². The first-order valence-corrected chi connectivity index (χ1v) is 1.67. The zero-order valence-corrected chi connectivity index (χ0v) is 4.18. The molecule has 3 nitrogen and oxygen atoms in total. The van der Waals surface area contributed by atoms with E-state index in [-0.39, 0.29) is 37.6 Å². The predicted octanol–water partition coefficient (Wildman–Crippen LogP) is -0.653. The van der Waals surface area contributed by atoms with E-state index in [1.165, 1.54) is 0 Å². The molecule has 0 aromatic heterocycles. The minimum absolute atomic E-state index is 0.153. The number of rotatable bonds is 0. The Balaban J connectivity index is 2.80. The molecule has 0 fully saturated rings. The molecule has 0 bridgehead atoms. The molecule has 4 heavy (non-hydrogen) atoms. The molecule has 0 unspecified atom stereocenters. The van der Waals surface area contributed by atoms with Gasteiger partial charge >= 0.3 is 47.7 Å². The molecule has 19 valence electrons. The number of nitro groups is 1. The van der Waals surface area contributed by atoms with Crippen LogP contribution in [0.1, 0.15) is 0 Å². The fourth-order valence-electron chi connectivity index (χ4n) is 0. The second-order valence-electron chi connectivity index (χ2n) is 0.333.